The van der Waals surface area contributed by atoms with Gasteiger partial charge in [0, 0.05) is 13.1 Å². The summed E-state index contributed by atoms with van der Waals surface area (Å²) in [5.41, 5.74) is 1.23. The van der Waals surface area contributed by atoms with E-state index in [9.17, 15) is 0 Å². The van der Waals surface area contributed by atoms with Crippen molar-refractivity contribution in [3.05, 3.63) is 12.2 Å². The van der Waals surface area contributed by atoms with Crippen LogP contribution in [-0.2, 0) is 0 Å². The number of hydrogen-bond donors (Lipinski definition) is 1. The molecule has 0 rings (SSSR count). The Hall–Kier alpha value is -0.340. The molecule has 2 nitrogen and oxygen atoms in total. The van der Waals surface area contributed by atoms with E-state index in [0.717, 1.165) is 19.6 Å². The van der Waals surface area contributed by atoms with Gasteiger partial charge in [-0.2, -0.15) is 0 Å². The molecule has 0 aliphatic carbocycles. The zero-order chi connectivity index (χ0) is 9.56. The zero-order valence-electron chi connectivity index (χ0n) is 8.85. The Morgan fingerprint density at radius 3 is 2.58 bits per heavy atom. The fourth-order valence-corrected chi connectivity index (χ4v) is 1.47. The first-order valence-electron chi connectivity index (χ1n) is 4.53. The number of hydrogen-bond acceptors (Lipinski definition) is 2. The Morgan fingerprint density at radius 1 is 1.58 bits per heavy atom. The first-order chi connectivity index (χ1) is 5.56. The lowest BCUT2D eigenvalue weighted by Crippen LogP contribution is -2.30. The topological polar surface area (TPSA) is 15.3 Å². The maximum atomic E-state index is 3.89. The summed E-state index contributed by atoms with van der Waals surface area (Å²) in [5.74, 6) is 0.708. The average Bonchev–Trinajstić information content (AvgIpc) is 1.84. The largest absolute Gasteiger partial charge is 0.319 e. The third kappa shape index (κ3) is 6.38. The minimum atomic E-state index is 0.708. The van der Waals surface area contributed by atoms with Crippen LogP contribution in [0.5, 0.6) is 0 Å². The lowest BCUT2D eigenvalue weighted by Gasteiger charge is -2.20. The number of rotatable bonds is 6. The lowest BCUT2D eigenvalue weighted by atomic mass is 10.1. The lowest BCUT2D eigenvalue weighted by molar-refractivity contribution is 0.303. The molecule has 0 saturated heterocycles. The van der Waals surface area contributed by atoms with Crippen molar-refractivity contribution >= 4 is 0 Å². The molecule has 0 bridgehead atoms. The number of likely N-dealkylation sites (N-methyl/N-ethyl adjacent to an activating group) is 1. The molecule has 1 N–H and O–H groups in total. The quantitative estimate of drug-likeness (QED) is 0.605. The van der Waals surface area contributed by atoms with Crippen molar-refractivity contribution in [2.24, 2.45) is 5.92 Å². The molecule has 0 heterocycles. The maximum absolute atomic E-state index is 3.89. The number of nitrogens with one attached hydrogen (secondary N) is 1. The van der Waals surface area contributed by atoms with Gasteiger partial charge in [0.15, 0.2) is 0 Å². The summed E-state index contributed by atoms with van der Waals surface area (Å²) in [4.78, 5) is 2.31. The monoisotopic (exact) mass is 170 g/mol. The van der Waals surface area contributed by atoms with Crippen LogP contribution in [0, 0.1) is 5.92 Å². The van der Waals surface area contributed by atoms with Crippen molar-refractivity contribution in [3.63, 3.8) is 0 Å². The molecule has 1 unspecified atom stereocenters. The van der Waals surface area contributed by atoms with Gasteiger partial charge in [-0.3, -0.25) is 0 Å². The molecule has 0 radical (unpaired) electrons. The SMILES string of the molecule is C=C(C)CN(C)CC(C)CNC. The van der Waals surface area contributed by atoms with Crippen molar-refractivity contribution < 1.29 is 0 Å². The van der Waals surface area contributed by atoms with Gasteiger partial charge in [0.05, 0.1) is 0 Å². The highest BCUT2D eigenvalue weighted by Gasteiger charge is 2.04. The second kappa shape index (κ2) is 6.21. The zero-order valence-corrected chi connectivity index (χ0v) is 8.85. The van der Waals surface area contributed by atoms with Gasteiger partial charge in [0.1, 0.15) is 0 Å². The van der Waals surface area contributed by atoms with E-state index in [-0.39, 0.29) is 0 Å². The summed E-state index contributed by atoms with van der Waals surface area (Å²) in [7, 11) is 4.14. The third-order valence-corrected chi connectivity index (χ3v) is 1.72. The van der Waals surface area contributed by atoms with Crippen molar-refractivity contribution in [3.8, 4) is 0 Å². The molecule has 0 aliphatic rings. The third-order valence-electron chi connectivity index (χ3n) is 1.72. The van der Waals surface area contributed by atoms with E-state index in [2.05, 4.69) is 37.7 Å². The average molecular weight is 170 g/mol. The normalized spacial score (nSPS) is 13.4. The van der Waals surface area contributed by atoms with Crippen LogP contribution in [0.25, 0.3) is 0 Å². The van der Waals surface area contributed by atoms with Crippen LogP contribution in [0.4, 0.5) is 0 Å². The molecule has 0 aromatic carbocycles. The summed E-state index contributed by atoms with van der Waals surface area (Å²) in [6.45, 7) is 11.4. The van der Waals surface area contributed by atoms with Gasteiger partial charge in [0.25, 0.3) is 0 Å². The van der Waals surface area contributed by atoms with E-state index in [1.54, 1.807) is 0 Å². The van der Waals surface area contributed by atoms with Gasteiger partial charge >= 0.3 is 0 Å². The van der Waals surface area contributed by atoms with E-state index < -0.39 is 0 Å². The molecule has 0 saturated carbocycles. The Balaban J connectivity index is 3.53. The highest BCUT2D eigenvalue weighted by molar-refractivity contribution is 4.91. The molecule has 12 heavy (non-hydrogen) atoms. The van der Waals surface area contributed by atoms with Crippen molar-refractivity contribution in [1.82, 2.24) is 10.2 Å². The van der Waals surface area contributed by atoms with E-state index in [0.29, 0.717) is 5.92 Å². The van der Waals surface area contributed by atoms with E-state index in [1.807, 2.05) is 7.05 Å². The van der Waals surface area contributed by atoms with Crippen LogP contribution in [0.1, 0.15) is 13.8 Å². The molecule has 0 spiro atoms. The molecule has 2 heteroatoms. The second-order valence-electron chi connectivity index (χ2n) is 3.82. The van der Waals surface area contributed by atoms with Crippen LogP contribution in [0.3, 0.4) is 0 Å². The predicted octanol–water partition coefficient (Wildman–Crippen LogP) is 1.35. The van der Waals surface area contributed by atoms with Gasteiger partial charge in [-0.1, -0.05) is 19.1 Å². The van der Waals surface area contributed by atoms with Gasteiger partial charge in [-0.25, -0.2) is 0 Å². The smallest absolute Gasteiger partial charge is 0.0184 e. The summed E-state index contributed by atoms with van der Waals surface area (Å²) in [6.07, 6.45) is 0. The summed E-state index contributed by atoms with van der Waals surface area (Å²) < 4.78 is 0. The fourth-order valence-electron chi connectivity index (χ4n) is 1.47. The van der Waals surface area contributed by atoms with Crippen LogP contribution in [-0.4, -0.2) is 38.6 Å². The molecule has 0 aliphatic heterocycles. The minimum Gasteiger partial charge on any atom is -0.319 e. The predicted molar refractivity (Wildman–Crippen MR) is 55.4 cm³/mol. The standard InChI is InChI=1S/C10H22N2/c1-9(2)7-12(5)8-10(3)6-11-4/h10-11H,1,6-8H2,2-5H3. The van der Waals surface area contributed by atoms with Crippen molar-refractivity contribution in [2.75, 3.05) is 33.7 Å². The van der Waals surface area contributed by atoms with Crippen molar-refractivity contribution in [1.29, 1.82) is 0 Å². The van der Waals surface area contributed by atoms with Crippen LogP contribution in [0.15, 0.2) is 12.2 Å². The molecule has 0 aromatic heterocycles. The highest BCUT2D eigenvalue weighted by atomic mass is 15.1. The van der Waals surface area contributed by atoms with Crippen molar-refractivity contribution in [2.45, 2.75) is 13.8 Å². The highest BCUT2D eigenvalue weighted by Crippen LogP contribution is 1.98. The Morgan fingerprint density at radius 2 is 2.17 bits per heavy atom. The first kappa shape index (κ1) is 11.7. The minimum absolute atomic E-state index is 0.708. The molecule has 72 valence electrons. The van der Waals surface area contributed by atoms with E-state index in [4.69, 9.17) is 0 Å². The molecule has 0 fully saturated rings. The Bertz CT molecular complexity index is 132. The second-order valence-corrected chi connectivity index (χ2v) is 3.82. The summed E-state index contributed by atoms with van der Waals surface area (Å²) in [6, 6.07) is 0. The molecule has 0 aromatic rings. The fraction of sp³-hybridized carbons (Fsp3) is 0.800. The number of nitrogens with zero attached hydrogens (tertiary/aromatic N) is 1. The van der Waals surface area contributed by atoms with Crippen LogP contribution < -0.4 is 5.32 Å². The maximum Gasteiger partial charge on any atom is 0.0184 e. The van der Waals surface area contributed by atoms with Gasteiger partial charge in [0.2, 0.25) is 0 Å². The van der Waals surface area contributed by atoms with Crippen LogP contribution in [0.2, 0.25) is 0 Å². The first-order valence-corrected chi connectivity index (χ1v) is 4.53. The summed E-state index contributed by atoms with van der Waals surface area (Å²) in [5, 5.41) is 3.18. The molecular weight excluding hydrogens is 148 g/mol. The summed E-state index contributed by atoms with van der Waals surface area (Å²) >= 11 is 0. The molecule has 0 amide bonds. The van der Waals surface area contributed by atoms with Gasteiger partial charge in [-0.15, -0.1) is 0 Å². The van der Waals surface area contributed by atoms with Gasteiger partial charge in [-0.05, 0) is 33.5 Å². The van der Waals surface area contributed by atoms with Crippen LogP contribution >= 0.6 is 0 Å². The van der Waals surface area contributed by atoms with E-state index in [1.165, 1.54) is 5.57 Å². The Labute approximate surface area is 76.6 Å². The Kier molecular flexibility index (Phi) is 6.03. The van der Waals surface area contributed by atoms with Gasteiger partial charge < -0.3 is 10.2 Å². The molecule has 1 atom stereocenters. The molecular formula is C10H22N2. The van der Waals surface area contributed by atoms with E-state index >= 15 is 0 Å².